The molecule has 9 nitrogen and oxygen atoms in total. The van der Waals surface area contributed by atoms with Gasteiger partial charge in [-0.3, -0.25) is 0 Å². The maximum Gasteiger partial charge on any atom is 0.343 e. The first-order valence-electron chi connectivity index (χ1n) is 9.40. The van der Waals surface area contributed by atoms with Gasteiger partial charge in [-0.25, -0.2) is 9.59 Å². The Morgan fingerprint density at radius 1 is 1.23 bits per heavy atom. The van der Waals surface area contributed by atoms with Crippen LogP contribution < -0.4 is 15.2 Å². The van der Waals surface area contributed by atoms with E-state index in [-0.39, 0.29) is 41.8 Å². The predicted octanol–water partition coefficient (Wildman–Crippen LogP) is 3.04. The number of nitrogens with zero attached hydrogens (tertiary/aromatic N) is 1. The fourth-order valence-electron chi connectivity index (χ4n) is 3.01. The number of rotatable bonds is 8. The van der Waals surface area contributed by atoms with E-state index in [0.717, 1.165) is 0 Å². The average Bonchev–Trinajstić information content (AvgIpc) is 2.73. The summed E-state index contributed by atoms with van der Waals surface area (Å²) in [6.07, 6.45) is 0. The van der Waals surface area contributed by atoms with Gasteiger partial charge in [-0.1, -0.05) is 15.9 Å². The van der Waals surface area contributed by atoms with Crippen molar-refractivity contribution >= 4 is 27.9 Å². The molecule has 1 heterocycles. The largest absolute Gasteiger partial charge is 0.490 e. The average molecular weight is 495 g/mol. The van der Waals surface area contributed by atoms with Gasteiger partial charge in [0.1, 0.15) is 17.4 Å². The quantitative estimate of drug-likeness (QED) is 0.541. The van der Waals surface area contributed by atoms with Crippen molar-refractivity contribution in [2.45, 2.75) is 26.7 Å². The van der Waals surface area contributed by atoms with E-state index in [1.165, 1.54) is 7.11 Å². The van der Waals surface area contributed by atoms with Crippen LogP contribution in [0.3, 0.4) is 0 Å². The van der Waals surface area contributed by atoms with E-state index in [0.29, 0.717) is 22.4 Å². The molecule has 1 aromatic carbocycles. The summed E-state index contributed by atoms with van der Waals surface area (Å²) in [5.41, 5.74) is 6.66. The van der Waals surface area contributed by atoms with Gasteiger partial charge in [0.15, 0.2) is 18.1 Å². The molecule has 1 aliphatic heterocycles. The summed E-state index contributed by atoms with van der Waals surface area (Å²) in [5.74, 6) is -1.32. The molecule has 1 aromatic rings. The van der Waals surface area contributed by atoms with E-state index < -0.39 is 17.9 Å². The number of benzene rings is 1. The molecule has 31 heavy (non-hydrogen) atoms. The molecule has 2 rings (SSSR count). The molecule has 0 amide bonds. The molecule has 0 spiro atoms. The number of methoxy groups -OCH3 is 1. The molecule has 0 aliphatic carbocycles. The fraction of sp³-hybridized carbons (Fsp3) is 0.381. The zero-order valence-corrected chi connectivity index (χ0v) is 19.2. The van der Waals surface area contributed by atoms with Crippen molar-refractivity contribution in [1.29, 1.82) is 5.26 Å². The maximum atomic E-state index is 12.7. The second kappa shape index (κ2) is 10.7. The first-order chi connectivity index (χ1) is 14.8. The number of carbonyl (C=O) groups excluding carboxylic acids is 2. The number of esters is 2. The van der Waals surface area contributed by atoms with E-state index in [9.17, 15) is 14.9 Å². The molecule has 1 unspecified atom stereocenters. The van der Waals surface area contributed by atoms with Crippen molar-refractivity contribution < 1.29 is 33.3 Å². The summed E-state index contributed by atoms with van der Waals surface area (Å²) in [4.78, 5) is 24.2. The molecule has 1 atom stereocenters. The summed E-state index contributed by atoms with van der Waals surface area (Å²) in [6.45, 7) is 5.18. The third-order valence-electron chi connectivity index (χ3n) is 4.35. The summed E-state index contributed by atoms with van der Waals surface area (Å²) < 4.78 is 26.9. The number of hydrogen-bond acceptors (Lipinski definition) is 9. The van der Waals surface area contributed by atoms with Gasteiger partial charge in [-0.05, 0) is 38.5 Å². The van der Waals surface area contributed by atoms with Crippen LogP contribution in [0.1, 0.15) is 32.3 Å². The molecule has 0 saturated carbocycles. The Labute approximate surface area is 188 Å². The predicted molar refractivity (Wildman–Crippen MR) is 113 cm³/mol. The fourth-order valence-corrected chi connectivity index (χ4v) is 3.57. The minimum atomic E-state index is -0.860. The van der Waals surface area contributed by atoms with Crippen LogP contribution in [-0.4, -0.2) is 38.9 Å². The second-order valence-corrected chi connectivity index (χ2v) is 7.09. The Kier molecular flexibility index (Phi) is 8.33. The van der Waals surface area contributed by atoms with Crippen molar-refractivity contribution in [3.05, 3.63) is 45.0 Å². The molecule has 0 radical (unpaired) electrons. The van der Waals surface area contributed by atoms with Crippen LogP contribution in [0.2, 0.25) is 0 Å². The number of nitrogens with two attached hydrogens (primary N) is 1. The Balaban J connectivity index is 2.64. The van der Waals surface area contributed by atoms with Gasteiger partial charge in [-0.2, -0.15) is 5.26 Å². The molecular formula is C21H23BrN2O7. The third kappa shape index (κ3) is 5.30. The highest BCUT2D eigenvalue weighted by atomic mass is 79.9. The molecule has 0 bridgehead atoms. The van der Waals surface area contributed by atoms with E-state index in [4.69, 9.17) is 24.7 Å². The van der Waals surface area contributed by atoms with Crippen LogP contribution in [0.4, 0.5) is 0 Å². The first kappa shape index (κ1) is 24.1. The summed E-state index contributed by atoms with van der Waals surface area (Å²) >= 11 is 3.46. The third-order valence-corrected chi connectivity index (χ3v) is 5.03. The van der Waals surface area contributed by atoms with Crippen molar-refractivity contribution in [3.8, 4) is 17.6 Å². The molecule has 0 fully saturated rings. The lowest BCUT2D eigenvalue weighted by Gasteiger charge is -2.28. The monoisotopic (exact) mass is 494 g/mol. The Bertz CT molecular complexity index is 979. The van der Waals surface area contributed by atoms with Crippen LogP contribution in [0, 0.1) is 11.3 Å². The maximum absolute atomic E-state index is 12.7. The summed E-state index contributed by atoms with van der Waals surface area (Å²) in [7, 11) is 1.26. The minimum Gasteiger partial charge on any atom is -0.490 e. The zero-order chi connectivity index (χ0) is 23.1. The van der Waals surface area contributed by atoms with E-state index in [2.05, 4.69) is 20.7 Å². The minimum absolute atomic E-state index is 0.0556. The van der Waals surface area contributed by atoms with Gasteiger partial charge in [0.25, 0.3) is 0 Å². The molecule has 10 heteroatoms. The van der Waals surface area contributed by atoms with Gasteiger partial charge >= 0.3 is 11.9 Å². The van der Waals surface area contributed by atoms with E-state index in [1.54, 1.807) is 32.9 Å². The topological polar surface area (TPSA) is 130 Å². The smallest absolute Gasteiger partial charge is 0.343 e. The number of carbonyl (C=O) groups is 2. The number of hydrogen-bond donors (Lipinski definition) is 1. The van der Waals surface area contributed by atoms with Crippen molar-refractivity contribution in [2.75, 3.05) is 26.9 Å². The highest BCUT2D eigenvalue weighted by molar-refractivity contribution is 9.10. The van der Waals surface area contributed by atoms with E-state index in [1.807, 2.05) is 6.07 Å². The number of halogens is 1. The molecule has 1 aliphatic rings. The first-order valence-corrected chi connectivity index (χ1v) is 10.2. The standard InChI is InChI=1S/C21H23BrN2O7/c1-5-28-15-7-12(14(22)8-16(15)30-10-17(25)27-4)19-13(9-23)20(24)31-11(3)18(19)21(26)29-6-2/h7-8,19H,5-6,10,24H2,1-4H3. The second-order valence-electron chi connectivity index (χ2n) is 6.23. The molecule has 166 valence electrons. The molecule has 0 aromatic heterocycles. The van der Waals surface area contributed by atoms with Crippen molar-refractivity contribution in [2.24, 2.45) is 5.73 Å². The normalized spacial score (nSPS) is 15.7. The number of ether oxygens (including phenoxy) is 5. The Morgan fingerprint density at radius 2 is 1.90 bits per heavy atom. The van der Waals surface area contributed by atoms with Gasteiger partial charge in [0.2, 0.25) is 5.88 Å². The lowest BCUT2D eigenvalue weighted by Crippen LogP contribution is -2.26. The van der Waals surface area contributed by atoms with Gasteiger partial charge in [0.05, 0.1) is 31.8 Å². The Hall–Kier alpha value is -3.19. The van der Waals surface area contributed by atoms with Crippen LogP contribution in [-0.2, 0) is 23.8 Å². The van der Waals surface area contributed by atoms with Crippen LogP contribution in [0.15, 0.2) is 39.4 Å². The van der Waals surface area contributed by atoms with Crippen LogP contribution in [0.5, 0.6) is 11.5 Å². The van der Waals surface area contributed by atoms with Gasteiger partial charge < -0.3 is 29.4 Å². The Morgan fingerprint density at radius 3 is 2.48 bits per heavy atom. The number of nitriles is 1. The van der Waals surface area contributed by atoms with Crippen LogP contribution in [0.25, 0.3) is 0 Å². The zero-order valence-electron chi connectivity index (χ0n) is 17.6. The van der Waals surface area contributed by atoms with Gasteiger partial charge in [0, 0.05) is 4.47 Å². The highest BCUT2D eigenvalue weighted by Gasteiger charge is 2.38. The lowest BCUT2D eigenvalue weighted by atomic mass is 9.83. The van der Waals surface area contributed by atoms with E-state index >= 15 is 0 Å². The molecule has 2 N–H and O–H groups in total. The lowest BCUT2D eigenvalue weighted by molar-refractivity contribution is -0.143. The molecular weight excluding hydrogens is 472 g/mol. The van der Waals surface area contributed by atoms with Crippen molar-refractivity contribution in [1.82, 2.24) is 0 Å². The van der Waals surface area contributed by atoms with Crippen LogP contribution >= 0.6 is 15.9 Å². The highest BCUT2D eigenvalue weighted by Crippen LogP contribution is 2.45. The SMILES string of the molecule is CCOC(=O)C1=C(C)OC(N)=C(C#N)C1c1cc(OCC)c(OCC(=O)OC)cc1Br. The summed E-state index contributed by atoms with van der Waals surface area (Å²) in [6, 6.07) is 5.23. The summed E-state index contributed by atoms with van der Waals surface area (Å²) in [5, 5.41) is 9.73. The van der Waals surface area contributed by atoms with Gasteiger partial charge in [-0.15, -0.1) is 0 Å². The molecule has 0 saturated heterocycles. The number of allylic oxidation sites excluding steroid dienone is 2. The van der Waals surface area contributed by atoms with Crippen molar-refractivity contribution in [3.63, 3.8) is 0 Å².